The number of fused-ring (bicyclic) bond motifs is 2. The number of aromatic amines is 2. The monoisotopic (exact) mass is 376 g/mol. The number of morpholine rings is 1. The minimum atomic E-state index is 0.471. The van der Waals surface area contributed by atoms with E-state index in [2.05, 4.69) is 49.1 Å². The third-order valence-corrected chi connectivity index (χ3v) is 5.40. The number of H-pyrrole nitrogens is 2. The molecule has 3 aromatic heterocycles. The second-order valence-electron chi connectivity index (χ2n) is 7.42. The molecule has 1 saturated heterocycles. The molecule has 0 radical (unpaired) electrons. The van der Waals surface area contributed by atoms with Crippen molar-refractivity contribution in [3.8, 4) is 11.3 Å². The minimum Gasteiger partial charge on any atom is -0.384 e. The molecule has 5 rings (SSSR count). The Kier molecular flexibility index (Phi) is 4.26. The van der Waals surface area contributed by atoms with Gasteiger partial charge in [0.1, 0.15) is 11.6 Å². The van der Waals surface area contributed by atoms with Crippen LogP contribution in [0.3, 0.4) is 0 Å². The van der Waals surface area contributed by atoms with Crippen LogP contribution >= 0.6 is 0 Å². The SMILES string of the molecule is Cc1nc2nc(N)cc(-c3cc4cc(CCN5CCOCC5)ccc4[nH]3)c2[nH]1. The van der Waals surface area contributed by atoms with Crippen LogP contribution in [0, 0.1) is 6.92 Å². The van der Waals surface area contributed by atoms with Crippen LogP contribution in [0.15, 0.2) is 30.3 Å². The van der Waals surface area contributed by atoms with Crippen molar-refractivity contribution in [3.63, 3.8) is 0 Å². The Hall–Kier alpha value is -2.90. The number of hydrogen-bond donors (Lipinski definition) is 3. The van der Waals surface area contributed by atoms with Crippen molar-refractivity contribution in [1.82, 2.24) is 24.8 Å². The van der Waals surface area contributed by atoms with Gasteiger partial charge in [-0.3, -0.25) is 4.90 Å². The Morgan fingerprint density at radius 1 is 1.11 bits per heavy atom. The maximum atomic E-state index is 6.01. The van der Waals surface area contributed by atoms with E-state index in [0.29, 0.717) is 11.5 Å². The number of ether oxygens (including phenoxy) is 1. The molecule has 0 aliphatic carbocycles. The molecule has 0 atom stereocenters. The molecular formula is C21H24N6O. The zero-order chi connectivity index (χ0) is 19.1. The molecule has 28 heavy (non-hydrogen) atoms. The van der Waals surface area contributed by atoms with E-state index in [1.807, 2.05) is 13.0 Å². The molecule has 0 saturated carbocycles. The van der Waals surface area contributed by atoms with Gasteiger partial charge >= 0.3 is 0 Å². The molecule has 1 fully saturated rings. The highest BCUT2D eigenvalue weighted by Gasteiger charge is 2.14. The maximum absolute atomic E-state index is 6.01. The maximum Gasteiger partial charge on any atom is 0.180 e. The lowest BCUT2D eigenvalue weighted by Gasteiger charge is -2.26. The van der Waals surface area contributed by atoms with Gasteiger partial charge in [0.25, 0.3) is 0 Å². The first kappa shape index (κ1) is 17.2. The van der Waals surface area contributed by atoms with Crippen molar-refractivity contribution < 1.29 is 4.74 Å². The summed E-state index contributed by atoms with van der Waals surface area (Å²) in [7, 11) is 0. The number of nitrogens with zero attached hydrogens (tertiary/aromatic N) is 3. The second-order valence-corrected chi connectivity index (χ2v) is 7.42. The third-order valence-electron chi connectivity index (χ3n) is 5.40. The molecule has 144 valence electrons. The van der Waals surface area contributed by atoms with E-state index in [9.17, 15) is 0 Å². The zero-order valence-electron chi connectivity index (χ0n) is 16.0. The van der Waals surface area contributed by atoms with Crippen molar-refractivity contribution in [1.29, 1.82) is 0 Å². The highest BCUT2D eigenvalue weighted by Crippen LogP contribution is 2.30. The van der Waals surface area contributed by atoms with E-state index in [-0.39, 0.29) is 0 Å². The molecule has 1 aliphatic heterocycles. The first-order valence-corrected chi connectivity index (χ1v) is 9.71. The fourth-order valence-electron chi connectivity index (χ4n) is 3.93. The second kappa shape index (κ2) is 6.92. The number of hydrogen-bond acceptors (Lipinski definition) is 5. The third kappa shape index (κ3) is 3.23. The number of aromatic nitrogens is 4. The summed E-state index contributed by atoms with van der Waals surface area (Å²) in [6.45, 7) is 6.74. The summed E-state index contributed by atoms with van der Waals surface area (Å²) in [5, 5.41) is 1.20. The Labute approximate surface area is 162 Å². The van der Waals surface area contributed by atoms with Gasteiger partial charge < -0.3 is 20.4 Å². The lowest BCUT2D eigenvalue weighted by atomic mass is 10.1. The van der Waals surface area contributed by atoms with E-state index in [1.165, 1.54) is 10.9 Å². The van der Waals surface area contributed by atoms with Gasteiger partial charge in [0.15, 0.2) is 5.65 Å². The summed E-state index contributed by atoms with van der Waals surface area (Å²) >= 11 is 0. The average molecular weight is 376 g/mol. The molecule has 0 amide bonds. The predicted octanol–water partition coefficient (Wildman–Crippen LogP) is 2.87. The van der Waals surface area contributed by atoms with E-state index < -0.39 is 0 Å². The number of nitrogens with two attached hydrogens (primary N) is 1. The molecule has 4 N–H and O–H groups in total. The lowest BCUT2D eigenvalue weighted by Crippen LogP contribution is -2.37. The summed E-state index contributed by atoms with van der Waals surface area (Å²) in [6.07, 6.45) is 1.04. The van der Waals surface area contributed by atoms with Crippen LogP contribution in [0.1, 0.15) is 11.4 Å². The van der Waals surface area contributed by atoms with Gasteiger partial charge in [-0.05, 0) is 43.2 Å². The number of pyridine rings is 1. The standard InChI is InChI=1S/C21H24N6O/c1-13-23-20-16(12-19(22)26-21(20)24-13)18-11-15-10-14(2-3-17(15)25-18)4-5-27-6-8-28-9-7-27/h2-3,10-12,25H,4-9H2,1H3,(H3,22,23,24,26). The highest BCUT2D eigenvalue weighted by molar-refractivity contribution is 5.95. The summed E-state index contributed by atoms with van der Waals surface area (Å²) in [6, 6.07) is 10.7. The van der Waals surface area contributed by atoms with E-state index >= 15 is 0 Å². The average Bonchev–Trinajstić information content (AvgIpc) is 3.28. The first-order valence-electron chi connectivity index (χ1n) is 9.71. The molecule has 1 aromatic carbocycles. The van der Waals surface area contributed by atoms with Gasteiger partial charge in [-0.1, -0.05) is 6.07 Å². The van der Waals surface area contributed by atoms with Crippen LogP contribution in [0.4, 0.5) is 5.82 Å². The van der Waals surface area contributed by atoms with Gasteiger partial charge in [-0.25, -0.2) is 9.97 Å². The van der Waals surface area contributed by atoms with Crippen molar-refractivity contribution in [2.75, 3.05) is 38.6 Å². The van der Waals surface area contributed by atoms with Crippen LogP contribution in [-0.2, 0) is 11.2 Å². The Morgan fingerprint density at radius 2 is 1.96 bits per heavy atom. The predicted molar refractivity (Wildman–Crippen MR) is 111 cm³/mol. The minimum absolute atomic E-state index is 0.471. The van der Waals surface area contributed by atoms with Crippen LogP contribution in [0.2, 0.25) is 0 Å². The zero-order valence-corrected chi connectivity index (χ0v) is 16.0. The summed E-state index contributed by atoms with van der Waals surface area (Å²) in [5.41, 5.74) is 12.0. The number of benzene rings is 1. The van der Waals surface area contributed by atoms with Gasteiger partial charge in [0, 0.05) is 41.8 Å². The Balaban J connectivity index is 1.45. The number of nitrogen functional groups attached to an aromatic ring is 1. The largest absolute Gasteiger partial charge is 0.384 e. The molecule has 0 unspecified atom stereocenters. The number of imidazole rings is 1. The van der Waals surface area contributed by atoms with Gasteiger partial charge in [0.2, 0.25) is 0 Å². The van der Waals surface area contributed by atoms with Crippen LogP contribution in [0.25, 0.3) is 33.3 Å². The van der Waals surface area contributed by atoms with Crippen LogP contribution in [0.5, 0.6) is 0 Å². The lowest BCUT2D eigenvalue weighted by molar-refractivity contribution is 0.0384. The van der Waals surface area contributed by atoms with E-state index in [1.54, 1.807) is 0 Å². The molecule has 4 heterocycles. The summed E-state index contributed by atoms with van der Waals surface area (Å²) < 4.78 is 5.43. The highest BCUT2D eigenvalue weighted by atomic mass is 16.5. The molecule has 0 bridgehead atoms. The number of rotatable bonds is 4. The normalized spacial score (nSPS) is 15.6. The van der Waals surface area contributed by atoms with Gasteiger partial charge in [0.05, 0.1) is 18.7 Å². The fourth-order valence-corrected chi connectivity index (χ4v) is 3.93. The van der Waals surface area contributed by atoms with Crippen LogP contribution < -0.4 is 5.73 Å². The number of anilines is 1. The van der Waals surface area contributed by atoms with Crippen molar-refractivity contribution in [2.24, 2.45) is 0 Å². The Bertz CT molecular complexity index is 1140. The molecule has 4 aromatic rings. The molecule has 7 heteroatoms. The molecule has 0 spiro atoms. The van der Waals surface area contributed by atoms with Crippen molar-refractivity contribution >= 4 is 27.9 Å². The smallest absolute Gasteiger partial charge is 0.180 e. The van der Waals surface area contributed by atoms with Crippen LogP contribution in [-0.4, -0.2) is 57.7 Å². The Morgan fingerprint density at radius 3 is 2.82 bits per heavy atom. The number of aryl methyl sites for hydroxylation is 1. The summed E-state index contributed by atoms with van der Waals surface area (Å²) in [5.74, 6) is 1.30. The molecule has 1 aliphatic rings. The van der Waals surface area contributed by atoms with E-state index in [0.717, 1.165) is 67.4 Å². The first-order chi connectivity index (χ1) is 13.7. The fraction of sp³-hybridized carbons (Fsp3) is 0.333. The van der Waals surface area contributed by atoms with Gasteiger partial charge in [-0.15, -0.1) is 0 Å². The van der Waals surface area contributed by atoms with Crippen molar-refractivity contribution in [2.45, 2.75) is 13.3 Å². The summed E-state index contributed by atoms with van der Waals surface area (Å²) in [4.78, 5) is 18.0. The quantitative estimate of drug-likeness (QED) is 0.509. The topological polar surface area (TPSA) is 95.8 Å². The van der Waals surface area contributed by atoms with E-state index in [4.69, 9.17) is 10.5 Å². The molecule has 7 nitrogen and oxygen atoms in total. The molecular weight excluding hydrogens is 352 g/mol. The number of nitrogens with one attached hydrogen (secondary N) is 2. The van der Waals surface area contributed by atoms with Crippen molar-refractivity contribution in [3.05, 3.63) is 41.7 Å². The van der Waals surface area contributed by atoms with Gasteiger partial charge in [-0.2, -0.15) is 0 Å².